The van der Waals surface area contributed by atoms with E-state index in [1.54, 1.807) is 12.1 Å². The monoisotopic (exact) mass is 581 g/mol. The molecule has 1 aromatic carbocycles. The lowest BCUT2D eigenvalue weighted by molar-refractivity contribution is -0.142. The number of amides is 3. The second-order valence-corrected chi connectivity index (χ2v) is 10.8. The molecule has 0 radical (unpaired) electrons. The average molecular weight is 582 g/mol. The summed E-state index contributed by atoms with van der Waals surface area (Å²) < 4.78 is 0. The minimum Gasteiger partial charge on any atom is -0.508 e. The van der Waals surface area contributed by atoms with E-state index in [0.717, 1.165) is 0 Å². The average Bonchev–Trinajstić information content (AvgIpc) is 2.88. The molecule has 4 unspecified atom stereocenters. The number of benzene rings is 1. The summed E-state index contributed by atoms with van der Waals surface area (Å²) in [6.45, 7) is 3.98. The van der Waals surface area contributed by atoms with Crippen LogP contribution in [0.3, 0.4) is 0 Å². The lowest BCUT2D eigenvalue weighted by Gasteiger charge is -2.25. The Hall–Kier alpha value is -3.52. The first kappa shape index (κ1) is 34.5. The lowest BCUT2D eigenvalue weighted by Crippen LogP contribution is -2.57. The number of carboxylic acids is 1. The van der Waals surface area contributed by atoms with Crippen molar-refractivity contribution >= 4 is 41.4 Å². The van der Waals surface area contributed by atoms with E-state index in [2.05, 4.69) is 20.9 Å². The summed E-state index contributed by atoms with van der Waals surface area (Å²) in [6, 6.07) is 1.96. The maximum atomic E-state index is 13.4. The van der Waals surface area contributed by atoms with Gasteiger partial charge in [0.1, 0.15) is 23.9 Å². The highest BCUT2D eigenvalue weighted by Gasteiger charge is 2.30. The predicted molar refractivity (Wildman–Crippen MR) is 156 cm³/mol. The van der Waals surface area contributed by atoms with E-state index in [0.29, 0.717) is 24.3 Å². The Kier molecular flexibility index (Phi) is 15.5. The van der Waals surface area contributed by atoms with E-state index in [4.69, 9.17) is 17.2 Å². The number of aromatic hydroxyl groups is 1. The first-order valence-corrected chi connectivity index (χ1v) is 14.4. The number of aliphatic carboxylic acids is 1. The van der Waals surface area contributed by atoms with Crippen LogP contribution in [0.25, 0.3) is 0 Å². The van der Waals surface area contributed by atoms with E-state index in [9.17, 15) is 29.4 Å². The standard InChI is InChI=1S/C26H43N7O6S/c1-15(2)13-21(25(38)39)33-23(36)19(10-12-40-3)31-24(37)20(14-16-6-8-17(34)9-7-16)32-22(35)18(27)5-4-11-30-26(28)29/h6-9,15,18-21,34H,4-5,10-14,27H2,1-3H3,(H,31,37)(H,32,35)(H,33,36)(H,38,39)(H4,28,29,30). The molecule has 0 heterocycles. The summed E-state index contributed by atoms with van der Waals surface area (Å²) >= 11 is 1.47. The van der Waals surface area contributed by atoms with E-state index < -0.39 is 47.9 Å². The number of rotatable bonds is 18. The normalized spacial score (nSPS) is 13.9. The smallest absolute Gasteiger partial charge is 0.326 e. The molecule has 11 N–H and O–H groups in total. The number of hydrogen-bond donors (Lipinski definition) is 8. The first-order valence-electron chi connectivity index (χ1n) is 13.1. The number of nitrogens with zero attached hydrogens (tertiary/aromatic N) is 1. The molecule has 0 spiro atoms. The second-order valence-electron chi connectivity index (χ2n) is 9.86. The van der Waals surface area contributed by atoms with Crippen molar-refractivity contribution in [1.29, 1.82) is 0 Å². The van der Waals surface area contributed by atoms with Crippen LogP contribution in [0.15, 0.2) is 29.3 Å². The Bertz CT molecular complexity index is 1000. The molecule has 4 atom stereocenters. The SMILES string of the molecule is CSCCC(NC(=O)C(Cc1ccc(O)cc1)NC(=O)C(N)CCCN=C(N)N)C(=O)NC(CC(C)C)C(=O)O. The lowest BCUT2D eigenvalue weighted by atomic mass is 10.0. The highest BCUT2D eigenvalue weighted by Crippen LogP contribution is 2.13. The molecule has 0 aliphatic heterocycles. The van der Waals surface area contributed by atoms with Crippen LogP contribution in [0.1, 0.15) is 45.1 Å². The van der Waals surface area contributed by atoms with Crippen molar-refractivity contribution in [3.8, 4) is 5.75 Å². The van der Waals surface area contributed by atoms with Gasteiger partial charge in [-0.3, -0.25) is 19.4 Å². The number of hydrogen-bond acceptors (Lipinski definition) is 8. The van der Waals surface area contributed by atoms with Crippen LogP contribution in [0, 0.1) is 5.92 Å². The largest absolute Gasteiger partial charge is 0.508 e. The number of phenols is 1. The Morgan fingerprint density at radius 2 is 1.50 bits per heavy atom. The highest BCUT2D eigenvalue weighted by atomic mass is 32.2. The van der Waals surface area contributed by atoms with E-state index in [1.807, 2.05) is 20.1 Å². The number of carbonyl (C=O) groups excluding carboxylic acids is 3. The Labute approximate surface area is 239 Å². The van der Waals surface area contributed by atoms with Crippen molar-refractivity contribution in [2.75, 3.05) is 18.6 Å². The fraction of sp³-hybridized carbons (Fsp3) is 0.577. The molecule has 1 rings (SSSR count). The van der Waals surface area contributed by atoms with E-state index in [-0.39, 0.29) is 43.3 Å². The van der Waals surface area contributed by atoms with Crippen molar-refractivity contribution in [2.45, 2.75) is 70.1 Å². The van der Waals surface area contributed by atoms with Gasteiger partial charge in [-0.05, 0) is 61.3 Å². The quantitative estimate of drug-likeness (QED) is 0.0637. The Balaban J connectivity index is 3.08. The van der Waals surface area contributed by atoms with Crippen LogP contribution >= 0.6 is 11.8 Å². The molecule has 0 fully saturated rings. The second kappa shape index (κ2) is 17.9. The minimum atomic E-state index is -1.16. The van der Waals surface area contributed by atoms with Gasteiger partial charge in [0.05, 0.1) is 6.04 Å². The molecular weight excluding hydrogens is 538 g/mol. The van der Waals surface area contributed by atoms with Gasteiger partial charge in [0.15, 0.2) is 5.96 Å². The molecule has 0 bridgehead atoms. The number of nitrogens with one attached hydrogen (secondary N) is 3. The summed E-state index contributed by atoms with van der Waals surface area (Å²) in [7, 11) is 0. The van der Waals surface area contributed by atoms with Crippen LogP contribution in [0.4, 0.5) is 0 Å². The molecule has 0 saturated heterocycles. The van der Waals surface area contributed by atoms with Crippen LogP contribution < -0.4 is 33.2 Å². The molecule has 0 aliphatic carbocycles. The summed E-state index contributed by atoms with van der Waals surface area (Å²) in [5.74, 6) is -2.47. The van der Waals surface area contributed by atoms with Crippen molar-refractivity contribution < 1.29 is 29.4 Å². The number of aliphatic imine (C=N–C) groups is 1. The number of carboxylic acid groups (broad SMARTS) is 1. The molecule has 13 nitrogen and oxygen atoms in total. The number of nitrogens with two attached hydrogens (primary N) is 3. The third kappa shape index (κ3) is 13.5. The van der Waals surface area contributed by atoms with Gasteiger partial charge < -0.3 is 43.4 Å². The molecular formula is C26H43N7O6S. The number of guanidine groups is 1. The summed E-state index contributed by atoms with van der Waals surface area (Å²) in [4.78, 5) is 54.9. The molecule has 40 heavy (non-hydrogen) atoms. The van der Waals surface area contributed by atoms with Gasteiger partial charge in [0, 0.05) is 13.0 Å². The molecule has 3 amide bonds. The van der Waals surface area contributed by atoms with Gasteiger partial charge in [-0.2, -0.15) is 11.8 Å². The molecule has 0 aromatic heterocycles. The van der Waals surface area contributed by atoms with Crippen molar-refractivity contribution in [1.82, 2.24) is 16.0 Å². The van der Waals surface area contributed by atoms with Crippen LogP contribution in [-0.4, -0.2) is 82.6 Å². The summed E-state index contributed by atoms with van der Waals surface area (Å²) in [5, 5.41) is 27.0. The fourth-order valence-electron chi connectivity index (χ4n) is 3.75. The fourth-order valence-corrected chi connectivity index (χ4v) is 4.22. The van der Waals surface area contributed by atoms with Crippen LogP contribution in [0.5, 0.6) is 5.75 Å². The minimum absolute atomic E-state index is 0.0224. The Morgan fingerprint density at radius 3 is 2.05 bits per heavy atom. The first-order chi connectivity index (χ1) is 18.8. The van der Waals surface area contributed by atoms with Crippen LogP contribution in [0.2, 0.25) is 0 Å². The van der Waals surface area contributed by atoms with Gasteiger partial charge in [-0.15, -0.1) is 0 Å². The zero-order valence-corrected chi connectivity index (χ0v) is 24.1. The van der Waals surface area contributed by atoms with Gasteiger partial charge in [-0.1, -0.05) is 26.0 Å². The topological polar surface area (TPSA) is 235 Å². The van der Waals surface area contributed by atoms with Crippen molar-refractivity contribution in [3.05, 3.63) is 29.8 Å². The van der Waals surface area contributed by atoms with E-state index in [1.165, 1.54) is 23.9 Å². The number of thioether (sulfide) groups is 1. The van der Waals surface area contributed by atoms with Crippen LogP contribution in [-0.2, 0) is 25.6 Å². The van der Waals surface area contributed by atoms with Gasteiger partial charge in [0.2, 0.25) is 17.7 Å². The Morgan fingerprint density at radius 1 is 0.925 bits per heavy atom. The predicted octanol–water partition coefficient (Wildman–Crippen LogP) is -0.346. The van der Waals surface area contributed by atoms with Gasteiger partial charge in [0.25, 0.3) is 0 Å². The molecule has 1 aromatic rings. The highest BCUT2D eigenvalue weighted by molar-refractivity contribution is 7.98. The molecule has 0 aliphatic rings. The third-order valence-corrected chi connectivity index (χ3v) is 6.52. The third-order valence-electron chi connectivity index (χ3n) is 5.88. The van der Waals surface area contributed by atoms with Gasteiger partial charge in [-0.25, -0.2) is 4.79 Å². The molecule has 224 valence electrons. The number of carbonyl (C=O) groups is 4. The summed E-state index contributed by atoms with van der Waals surface area (Å²) in [5.41, 5.74) is 17.3. The number of phenolic OH excluding ortho intramolecular Hbond substituents is 1. The maximum absolute atomic E-state index is 13.4. The van der Waals surface area contributed by atoms with Gasteiger partial charge >= 0.3 is 5.97 Å². The molecule has 14 heteroatoms. The zero-order valence-electron chi connectivity index (χ0n) is 23.3. The van der Waals surface area contributed by atoms with Crippen molar-refractivity contribution in [3.63, 3.8) is 0 Å². The maximum Gasteiger partial charge on any atom is 0.326 e. The van der Waals surface area contributed by atoms with Crippen molar-refractivity contribution in [2.24, 2.45) is 28.1 Å². The van der Waals surface area contributed by atoms with E-state index >= 15 is 0 Å². The molecule has 0 saturated carbocycles. The summed E-state index contributed by atoms with van der Waals surface area (Å²) in [6.07, 6.45) is 3.08. The zero-order chi connectivity index (χ0) is 30.2.